The zero-order chi connectivity index (χ0) is 16.3. The Morgan fingerprint density at radius 2 is 1.92 bits per heavy atom. The lowest BCUT2D eigenvalue weighted by molar-refractivity contribution is -0.127. The molecule has 1 saturated heterocycles. The fourth-order valence-corrected chi connectivity index (χ4v) is 2.99. The molecule has 1 amide bonds. The van der Waals surface area contributed by atoms with E-state index < -0.39 is 0 Å². The second-order valence-electron chi connectivity index (χ2n) is 6.00. The van der Waals surface area contributed by atoms with Gasteiger partial charge in [0.25, 0.3) is 0 Å². The molecule has 2 N–H and O–H groups in total. The zero-order valence-electron chi connectivity index (χ0n) is 14.9. The van der Waals surface area contributed by atoms with Gasteiger partial charge in [0.1, 0.15) is 0 Å². The molecule has 1 atom stereocenters. The smallest absolute Gasteiger partial charge is 0.237 e. The van der Waals surface area contributed by atoms with Crippen molar-refractivity contribution in [2.24, 2.45) is 0 Å². The second-order valence-corrected chi connectivity index (χ2v) is 6.00. The third kappa shape index (κ3) is 8.88. The van der Waals surface area contributed by atoms with Crippen LogP contribution in [-0.4, -0.2) is 56.7 Å². The summed E-state index contributed by atoms with van der Waals surface area (Å²) in [5, 5.41) is 6.30. The third-order valence-corrected chi connectivity index (χ3v) is 4.23. The van der Waals surface area contributed by atoms with Crippen LogP contribution < -0.4 is 10.6 Å². The molecule has 1 aromatic carbocycles. The van der Waals surface area contributed by atoms with E-state index in [0.29, 0.717) is 13.2 Å². The Morgan fingerprint density at radius 1 is 1.16 bits per heavy atom. The number of hydrogen-bond acceptors (Lipinski definition) is 4. The molecule has 5 nitrogen and oxygen atoms in total. The van der Waals surface area contributed by atoms with Crippen molar-refractivity contribution >= 4 is 30.7 Å². The predicted molar refractivity (Wildman–Crippen MR) is 107 cm³/mol. The Kier molecular flexibility index (Phi) is 13.8. The number of piperidine rings is 1. The maximum absolute atomic E-state index is 12.5. The van der Waals surface area contributed by atoms with Crippen molar-refractivity contribution in [2.75, 3.05) is 39.9 Å². The molecule has 1 aliphatic heterocycles. The molecular formula is C18H31Cl2N3O2. The van der Waals surface area contributed by atoms with Gasteiger partial charge in [-0.15, -0.1) is 24.8 Å². The highest BCUT2D eigenvalue weighted by molar-refractivity contribution is 5.85. The van der Waals surface area contributed by atoms with Gasteiger partial charge in [0.05, 0.1) is 12.6 Å². The van der Waals surface area contributed by atoms with Crippen molar-refractivity contribution in [2.45, 2.75) is 31.8 Å². The second kappa shape index (κ2) is 14.3. The van der Waals surface area contributed by atoms with Gasteiger partial charge in [-0.2, -0.15) is 0 Å². The summed E-state index contributed by atoms with van der Waals surface area (Å²) < 4.78 is 4.98. The number of hydrogen-bond donors (Lipinski definition) is 2. The molecule has 0 aromatic heterocycles. The summed E-state index contributed by atoms with van der Waals surface area (Å²) in [5.41, 5.74) is 1.27. The number of halogens is 2. The highest BCUT2D eigenvalue weighted by Crippen LogP contribution is 2.19. The highest BCUT2D eigenvalue weighted by Gasteiger charge is 2.28. The van der Waals surface area contributed by atoms with E-state index in [1.54, 1.807) is 7.11 Å². The van der Waals surface area contributed by atoms with Gasteiger partial charge in [-0.25, -0.2) is 0 Å². The van der Waals surface area contributed by atoms with Crippen LogP contribution in [0.2, 0.25) is 0 Å². The van der Waals surface area contributed by atoms with Gasteiger partial charge in [-0.1, -0.05) is 36.8 Å². The number of carbonyl (C=O) groups excluding carboxylic acids is 1. The number of nitrogens with one attached hydrogen (secondary N) is 2. The minimum atomic E-state index is 0. The Balaban J connectivity index is 0.00000288. The molecule has 0 spiro atoms. The summed E-state index contributed by atoms with van der Waals surface area (Å²) in [4.78, 5) is 14.8. The monoisotopic (exact) mass is 391 g/mol. The van der Waals surface area contributed by atoms with Gasteiger partial charge < -0.3 is 15.4 Å². The molecule has 0 saturated carbocycles. The molecule has 0 bridgehead atoms. The number of ether oxygens (including phenoxy) is 1. The molecule has 1 fully saturated rings. The van der Waals surface area contributed by atoms with Gasteiger partial charge in [-0.3, -0.25) is 9.69 Å². The largest absolute Gasteiger partial charge is 0.383 e. The predicted octanol–water partition coefficient (Wildman–Crippen LogP) is 2.24. The number of benzene rings is 1. The van der Waals surface area contributed by atoms with Gasteiger partial charge in [0.15, 0.2) is 0 Å². The van der Waals surface area contributed by atoms with E-state index in [1.165, 1.54) is 12.0 Å². The topological polar surface area (TPSA) is 53.6 Å². The maximum atomic E-state index is 12.5. The van der Waals surface area contributed by atoms with Gasteiger partial charge >= 0.3 is 0 Å². The van der Waals surface area contributed by atoms with Gasteiger partial charge in [-0.05, 0) is 24.9 Å². The Hall–Kier alpha value is -0.850. The van der Waals surface area contributed by atoms with E-state index in [4.69, 9.17) is 4.74 Å². The highest BCUT2D eigenvalue weighted by atomic mass is 35.5. The van der Waals surface area contributed by atoms with Crippen molar-refractivity contribution in [1.29, 1.82) is 0 Å². The number of carbonyl (C=O) groups is 1. The first kappa shape index (κ1) is 24.1. The average molecular weight is 392 g/mol. The summed E-state index contributed by atoms with van der Waals surface area (Å²) in [5.74, 6) is 0.161. The van der Waals surface area contributed by atoms with E-state index in [9.17, 15) is 4.79 Å². The van der Waals surface area contributed by atoms with Crippen molar-refractivity contribution in [3.63, 3.8) is 0 Å². The standard InChI is InChI=1S/C18H29N3O2.2ClH/c1-23-14-12-19-10-11-20-18(22)17-9-5-6-13-21(17)15-16-7-3-2-4-8-16;;/h2-4,7-8,17,19H,5-6,9-15H2,1H3,(H,20,22);2*1H. The van der Waals surface area contributed by atoms with E-state index >= 15 is 0 Å². The summed E-state index contributed by atoms with van der Waals surface area (Å²) in [6.45, 7) is 4.81. The zero-order valence-corrected chi connectivity index (χ0v) is 16.5. The van der Waals surface area contributed by atoms with E-state index in [1.807, 2.05) is 6.07 Å². The van der Waals surface area contributed by atoms with E-state index in [2.05, 4.69) is 39.8 Å². The molecule has 1 aromatic rings. The maximum Gasteiger partial charge on any atom is 0.237 e. The number of nitrogens with zero attached hydrogens (tertiary/aromatic N) is 1. The molecule has 0 radical (unpaired) electrons. The molecule has 25 heavy (non-hydrogen) atoms. The molecule has 0 aliphatic carbocycles. The number of amides is 1. The van der Waals surface area contributed by atoms with Crippen molar-refractivity contribution in [1.82, 2.24) is 15.5 Å². The van der Waals surface area contributed by atoms with Gasteiger partial charge in [0, 0.05) is 33.3 Å². The summed E-state index contributed by atoms with van der Waals surface area (Å²) >= 11 is 0. The fraction of sp³-hybridized carbons (Fsp3) is 0.611. The molecule has 7 heteroatoms. The third-order valence-electron chi connectivity index (χ3n) is 4.23. The van der Waals surface area contributed by atoms with Crippen LogP contribution in [0.25, 0.3) is 0 Å². The quantitative estimate of drug-likeness (QED) is 0.633. The summed E-state index contributed by atoms with van der Waals surface area (Å²) in [6, 6.07) is 10.4. The van der Waals surface area contributed by atoms with Crippen molar-refractivity contribution < 1.29 is 9.53 Å². The minimum Gasteiger partial charge on any atom is -0.383 e. The Bertz CT molecular complexity index is 463. The number of rotatable bonds is 9. The van der Waals surface area contributed by atoms with E-state index in [-0.39, 0.29) is 36.8 Å². The van der Waals surface area contributed by atoms with Crippen LogP contribution in [0.5, 0.6) is 0 Å². The summed E-state index contributed by atoms with van der Waals surface area (Å²) in [7, 11) is 1.69. The van der Waals surface area contributed by atoms with Crippen LogP contribution in [0.15, 0.2) is 30.3 Å². The molecular weight excluding hydrogens is 361 g/mol. The van der Waals surface area contributed by atoms with Crippen molar-refractivity contribution in [3.8, 4) is 0 Å². The molecule has 1 heterocycles. The normalized spacial score (nSPS) is 17.2. The Morgan fingerprint density at radius 3 is 2.64 bits per heavy atom. The van der Waals surface area contributed by atoms with Crippen LogP contribution in [0, 0.1) is 0 Å². The lowest BCUT2D eigenvalue weighted by atomic mass is 10.0. The molecule has 144 valence electrons. The van der Waals surface area contributed by atoms with Crippen molar-refractivity contribution in [3.05, 3.63) is 35.9 Å². The van der Waals surface area contributed by atoms with Crippen LogP contribution in [-0.2, 0) is 16.1 Å². The van der Waals surface area contributed by atoms with E-state index in [0.717, 1.165) is 39.0 Å². The number of methoxy groups -OCH3 is 1. The average Bonchev–Trinajstić information content (AvgIpc) is 2.59. The first-order valence-electron chi connectivity index (χ1n) is 8.56. The lowest BCUT2D eigenvalue weighted by Crippen LogP contribution is -2.50. The summed E-state index contributed by atoms with van der Waals surface area (Å²) in [6.07, 6.45) is 3.26. The van der Waals surface area contributed by atoms with Crippen LogP contribution >= 0.6 is 24.8 Å². The molecule has 2 rings (SSSR count). The minimum absolute atomic E-state index is 0. The Labute approximate surface area is 163 Å². The first-order valence-corrected chi connectivity index (χ1v) is 8.56. The van der Waals surface area contributed by atoms with Crippen LogP contribution in [0.4, 0.5) is 0 Å². The SMILES string of the molecule is COCCNCCNC(=O)C1CCCCN1Cc1ccccc1.Cl.Cl. The number of likely N-dealkylation sites (tertiary alicyclic amines) is 1. The molecule has 1 unspecified atom stereocenters. The lowest BCUT2D eigenvalue weighted by Gasteiger charge is -2.34. The van der Waals surface area contributed by atoms with Crippen LogP contribution in [0.3, 0.4) is 0 Å². The van der Waals surface area contributed by atoms with Crippen LogP contribution in [0.1, 0.15) is 24.8 Å². The van der Waals surface area contributed by atoms with Gasteiger partial charge in [0.2, 0.25) is 5.91 Å². The molecule has 1 aliphatic rings. The first-order chi connectivity index (χ1) is 11.3. The fourth-order valence-electron chi connectivity index (χ4n) is 2.99.